The van der Waals surface area contributed by atoms with E-state index < -0.39 is 0 Å². The number of likely N-dealkylation sites (tertiary alicyclic amines) is 1. The molecule has 4 aromatic rings. The van der Waals surface area contributed by atoms with Crippen molar-refractivity contribution < 1.29 is 9.53 Å². The van der Waals surface area contributed by atoms with E-state index >= 15 is 0 Å². The van der Waals surface area contributed by atoms with Gasteiger partial charge in [0.15, 0.2) is 0 Å². The van der Waals surface area contributed by atoms with Crippen molar-refractivity contribution in [1.29, 1.82) is 0 Å². The summed E-state index contributed by atoms with van der Waals surface area (Å²) in [5.41, 5.74) is 3.62. The van der Waals surface area contributed by atoms with Crippen LogP contribution in [-0.2, 0) is 6.54 Å². The monoisotopic (exact) mass is 453 g/mol. The molecule has 1 amide bonds. The first-order chi connectivity index (χ1) is 16.7. The zero-order valence-electron chi connectivity index (χ0n) is 19.2. The molecule has 0 spiro atoms. The molecule has 1 saturated heterocycles. The number of ether oxygens (including phenoxy) is 1. The molecule has 7 nitrogen and oxygen atoms in total. The molecule has 7 heteroatoms. The minimum Gasteiger partial charge on any atom is -0.437 e. The Kier molecular flexibility index (Phi) is 6.33. The number of aryl methyl sites for hydroxylation is 1. The summed E-state index contributed by atoms with van der Waals surface area (Å²) in [5, 5.41) is 0. The third kappa shape index (κ3) is 4.83. The summed E-state index contributed by atoms with van der Waals surface area (Å²) in [6.07, 6.45) is 10.7. The number of hydrogen-bond donors (Lipinski definition) is 0. The van der Waals surface area contributed by atoms with Gasteiger partial charge in [-0.2, -0.15) is 0 Å². The van der Waals surface area contributed by atoms with Crippen LogP contribution in [0.15, 0.2) is 79.6 Å². The molecule has 2 aromatic carbocycles. The Hall–Kier alpha value is -4.00. The average Bonchev–Trinajstić information content (AvgIpc) is 3.39. The van der Waals surface area contributed by atoms with Crippen molar-refractivity contribution in [2.75, 3.05) is 13.1 Å². The number of nitrogens with zero attached hydrogens (tertiary/aromatic N) is 5. The van der Waals surface area contributed by atoms with Gasteiger partial charge in [-0.25, -0.2) is 9.97 Å². The average molecular weight is 454 g/mol. The van der Waals surface area contributed by atoms with Crippen LogP contribution >= 0.6 is 0 Å². The van der Waals surface area contributed by atoms with Gasteiger partial charge in [-0.3, -0.25) is 9.78 Å². The van der Waals surface area contributed by atoms with E-state index in [-0.39, 0.29) is 11.8 Å². The third-order valence-corrected chi connectivity index (χ3v) is 6.23. The predicted molar refractivity (Wildman–Crippen MR) is 129 cm³/mol. The lowest BCUT2D eigenvalue weighted by Gasteiger charge is -2.33. The van der Waals surface area contributed by atoms with E-state index in [9.17, 15) is 4.79 Å². The van der Waals surface area contributed by atoms with Crippen LogP contribution in [0.3, 0.4) is 0 Å². The molecule has 0 unspecified atom stereocenters. The largest absolute Gasteiger partial charge is 0.437 e. The number of aromatic nitrogens is 4. The van der Waals surface area contributed by atoms with E-state index in [2.05, 4.69) is 9.97 Å². The Morgan fingerprint density at radius 1 is 1.09 bits per heavy atom. The molecule has 1 aliphatic heterocycles. The van der Waals surface area contributed by atoms with Gasteiger partial charge >= 0.3 is 0 Å². The molecule has 1 aliphatic rings. The Morgan fingerprint density at radius 2 is 1.94 bits per heavy atom. The Balaban J connectivity index is 1.32. The number of amides is 1. The molecule has 1 atom stereocenters. The van der Waals surface area contributed by atoms with Crippen molar-refractivity contribution >= 4 is 5.91 Å². The summed E-state index contributed by atoms with van der Waals surface area (Å²) in [6, 6.07) is 15.6. The fraction of sp³-hybridized carbons (Fsp3) is 0.259. The molecule has 0 bridgehead atoms. The molecule has 3 heterocycles. The first-order valence-corrected chi connectivity index (χ1v) is 11.6. The van der Waals surface area contributed by atoms with Crippen molar-refractivity contribution in [1.82, 2.24) is 24.4 Å². The summed E-state index contributed by atoms with van der Waals surface area (Å²) < 4.78 is 7.96. The quantitative estimate of drug-likeness (QED) is 0.418. The lowest BCUT2D eigenvalue weighted by Crippen LogP contribution is -2.39. The van der Waals surface area contributed by atoms with Gasteiger partial charge in [0.2, 0.25) is 5.88 Å². The van der Waals surface area contributed by atoms with Gasteiger partial charge in [0.05, 0.1) is 18.2 Å². The maximum atomic E-state index is 13.5. The molecule has 34 heavy (non-hydrogen) atoms. The van der Waals surface area contributed by atoms with Crippen molar-refractivity contribution in [2.24, 2.45) is 0 Å². The normalized spacial score (nSPS) is 15.8. The van der Waals surface area contributed by atoms with Crippen LogP contribution in [0.1, 0.15) is 45.9 Å². The van der Waals surface area contributed by atoms with Crippen LogP contribution in [0.25, 0.3) is 0 Å². The molecule has 5 rings (SSSR count). The number of carbonyl (C=O) groups is 1. The number of para-hydroxylation sites is 1. The van der Waals surface area contributed by atoms with E-state index in [0.29, 0.717) is 19.0 Å². The van der Waals surface area contributed by atoms with Crippen LogP contribution < -0.4 is 4.74 Å². The fourth-order valence-corrected chi connectivity index (χ4v) is 4.41. The highest BCUT2D eigenvalue weighted by Gasteiger charge is 2.28. The van der Waals surface area contributed by atoms with Crippen molar-refractivity contribution in [3.63, 3.8) is 0 Å². The number of imidazole rings is 1. The first-order valence-electron chi connectivity index (χ1n) is 11.6. The highest BCUT2D eigenvalue weighted by molar-refractivity contribution is 5.95. The van der Waals surface area contributed by atoms with Crippen LogP contribution in [0, 0.1) is 6.92 Å². The molecule has 172 valence electrons. The van der Waals surface area contributed by atoms with Gasteiger partial charge < -0.3 is 14.2 Å². The molecule has 0 N–H and O–H groups in total. The molecule has 1 fully saturated rings. The van der Waals surface area contributed by atoms with E-state index in [0.717, 1.165) is 47.5 Å². The maximum Gasteiger partial charge on any atom is 0.254 e. The third-order valence-electron chi connectivity index (χ3n) is 6.23. The van der Waals surface area contributed by atoms with Crippen molar-refractivity contribution in [2.45, 2.75) is 32.2 Å². The number of piperidine rings is 1. The summed E-state index contributed by atoms with van der Waals surface area (Å²) in [4.78, 5) is 28.7. The van der Waals surface area contributed by atoms with E-state index in [1.807, 2.05) is 71.1 Å². The number of rotatable bonds is 6. The van der Waals surface area contributed by atoms with Gasteiger partial charge in [-0.1, -0.05) is 36.4 Å². The highest BCUT2D eigenvalue weighted by Crippen LogP contribution is 2.29. The zero-order chi connectivity index (χ0) is 23.3. The molecule has 0 saturated carbocycles. The second-order valence-electron chi connectivity index (χ2n) is 8.63. The molecule has 2 aromatic heterocycles. The lowest BCUT2D eigenvalue weighted by atomic mass is 9.94. The van der Waals surface area contributed by atoms with Crippen LogP contribution in [0.2, 0.25) is 0 Å². The second-order valence-corrected chi connectivity index (χ2v) is 8.63. The highest BCUT2D eigenvalue weighted by atomic mass is 16.5. The maximum absolute atomic E-state index is 13.5. The zero-order valence-corrected chi connectivity index (χ0v) is 19.2. The van der Waals surface area contributed by atoms with E-state index in [1.54, 1.807) is 24.9 Å². The topological polar surface area (TPSA) is 73.1 Å². The smallest absolute Gasteiger partial charge is 0.254 e. The minimum atomic E-state index is 0.0562. The van der Waals surface area contributed by atoms with Gasteiger partial charge in [0.25, 0.3) is 5.91 Å². The van der Waals surface area contributed by atoms with Crippen LogP contribution in [0.5, 0.6) is 11.6 Å². The second kappa shape index (κ2) is 9.87. The number of carbonyl (C=O) groups excluding carboxylic acids is 1. The minimum absolute atomic E-state index is 0.0562. The van der Waals surface area contributed by atoms with Gasteiger partial charge in [0.1, 0.15) is 5.75 Å². The van der Waals surface area contributed by atoms with Crippen molar-refractivity contribution in [3.8, 4) is 11.6 Å². The summed E-state index contributed by atoms with van der Waals surface area (Å²) >= 11 is 0. The molecule has 0 aliphatic carbocycles. The SMILES string of the molecule is Cc1ccccc1Oc1cncc([C@H]2CCCN(C(=O)c3ccccc3Cn3ccnc3)C2)n1. The Labute approximate surface area is 199 Å². The van der Waals surface area contributed by atoms with Gasteiger partial charge in [-0.15, -0.1) is 0 Å². The van der Waals surface area contributed by atoms with E-state index in [1.165, 1.54) is 0 Å². The Morgan fingerprint density at radius 3 is 2.79 bits per heavy atom. The standard InChI is InChI=1S/C27H27N5O2/c1-20-7-2-5-11-25(20)34-26-16-29-15-24(30-26)22-9-6-13-32(18-22)27(33)23-10-4-3-8-21(23)17-31-14-12-28-19-31/h2-5,7-8,10-12,14-16,19,22H,6,9,13,17-18H2,1H3/t22-/m0/s1. The van der Waals surface area contributed by atoms with Gasteiger partial charge in [-0.05, 0) is 43.0 Å². The number of hydrogen-bond acceptors (Lipinski definition) is 5. The fourth-order valence-electron chi connectivity index (χ4n) is 4.41. The number of benzene rings is 2. The summed E-state index contributed by atoms with van der Waals surface area (Å²) in [7, 11) is 0. The molecular weight excluding hydrogens is 426 g/mol. The first kappa shape index (κ1) is 21.8. The van der Waals surface area contributed by atoms with Crippen LogP contribution in [0.4, 0.5) is 0 Å². The van der Waals surface area contributed by atoms with Crippen LogP contribution in [-0.4, -0.2) is 43.4 Å². The molecular formula is C27H27N5O2. The lowest BCUT2D eigenvalue weighted by molar-refractivity contribution is 0.0704. The molecule has 0 radical (unpaired) electrons. The van der Waals surface area contributed by atoms with Gasteiger partial charge in [0, 0.05) is 49.7 Å². The predicted octanol–water partition coefficient (Wildman–Crippen LogP) is 4.84. The van der Waals surface area contributed by atoms with E-state index in [4.69, 9.17) is 9.72 Å². The summed E-state index contributed by atoms with van der Waals surface area (Å²) in [6.45, 7) is 3.97. The van der Waals surface area contributed by atoms with Crippen molar-refractivity contribution in [3.05, 3.63) is 102 Å². The Bertz CT molecular complexity index is 1270. The summed E-state index contributed by atoms with van der Waals surface area (Å²) in [5.74, 6) is 1.41.